The van der Waals surface area contributed by atoms with Crippen LogP contribution in [-0.4, -0.2) is 24.3 Å². The lowest BCUT2D eigenvalue weighted by Gasteiger charge is -2.09. The highest BCUT2D eigenvalue weighted by Crippen LogP contribution is 2.39. The van der Waals surface area contributed by atoms with Gasteiger partial charge in [0.1, 0.15) is 11.5 Å². The predicted molar refractivity (Wildman–Crippen MR) is 89.9 cm³/mol. The van der Waals surface area contributed by atoms with E-state index in [1.165, 1.54) is 4.68 Å². The molecule has 0 aliphatic heterocycles. The molecule has 0 amide bonds. The molecule has 0 spiro atoms. The molecule has 0 bridgehead atoms. The number of nitrogens with one attached hydrogen (secondary N) is 1. The summed E-state index contributed by atoms with van der Waals surface area (Å²) in [4.78, 5) is 15.6. The summed E-state index contributed by atoms with van der Waals surface area (Å²) in [6.07, 6.45) is 2.30. The van der Waals surface area contributed by atoms with Crippen molar-refractivity contribution in [1.29, 1.82) is 0 Å². The molecule has 1 N–H and O–H groups in total. The van der Waals surface area contributed by atoms with Crippen LogP contribution < -0.4 is 5.32 Å². The van der Waals surface area contributed by atoms with E-state index in [2.05, 4.69) is 21.0 Å². The third-order valence-corrected chi connectivity index (χ3v) is 4.37. The predicted octanol–water partition coefficient (Wildman–Crippen LogP) is 2.93. The van der Waals surface area contributed by atoms with E-state index in [9.17, 15) is 10.1 Å². The van der Waals surface area contributed by atoms with E-state index < -0.39 is 4.92 Å². The Bertz CT molecular complexity index is 938. The van der Waals surface area contributed by atoms with Crippen LogP contribution in [0, 0.1) is 17.0 Å². The highest BCUT2D eigenvalue weighted by Gasteiger charge is 2.29. The summed E-state index contributed by atoms with van der Waals surface area (Å²) in [5.41, 5.74) is 2.50. The summed E-state index contributed by atoms with van der Waals surface area (Å²) in [6.45, 7) is 2.06. The second kappa shape index (κ2) is 5.33. The third kappa shape index (κ3) is 2.31. The van der Waals surface area contributed by atoms with E-state index >= 15 is 0 Å². The standard InChI is InChI=1S/C16H18N6O2/c1-10-15(22(23)24)16(20(2)19-10)17-9-14-18-12-5-3-4-6-13(12)21(14)11-7-8-11/h3-6,11,17H,7-9H2,1-2H3. The van der Waals surface area contributed by atoms with Gasteiger partial charge in [0.2, 0.25) is 5.82 Å². The smallest absolute Gasteiger partial charge is 0.333 e. The number of fused-ring (bicyclic) bond motifs is 1. The number of hydrogen-bond donors (Lipinski definition) is 1. The van der Waals surface area contributed by atoms with E-state index in [1.54, 1.807) is 14.0 Å². The van der Waals surface area contributed by atoms with Crippen molar-refractivity contribution in [3.63, 3.8) is 0 Å². The Morgan fingerprint density at radius 1 is 1.38 bits per heavy atom. The van der Waals surface area contributed by atoms with Crippen LogP contribution in [0.4, 0.5) is 11.5 Å². The maximum absolute atomic E-state index is 11.3. The van der Waals surface area contributed by atoms with Crippen molar-refractivity contribution in [2.24, 2.45) is 7.05 Å². The summed E-state index contributed by atoms with van der Waals surface area (Å²) in [5, 5.41) is 18.6. The zero-order valence-electron chi connectivity index (χ0n) is 13.6. The van der Waals surface area contributed by atoms with Gasteiger partial charge in [0.25, 0.3) is 0 Å². The van der Waals surface area contributed by atoms with E-state index in [4.69, 9.17) is 4.98 Å². The van der Waals surface area contributed by atoms with Crippen LogP contribution in [-0.2, 0) is 13.6 Å². The SMILES string of the molecule is Cc1nn(C)c(NCc2nc3ccccc3n2C2CC2)c1[N+](=O)[O-]. The molecular weight excluding hydrogens is 308 g/mol. The second-order valence-electron chi connectivity index (χ2n) is 6.13. The van der Waals surface area contributed by atoms with Crippen molar-refractivity contribution in [3.05, 3.63) is 45.9 Å². The van der Waals surface area contributed by atoms with Crippen molar-refractivity contribution < 1.29 is 4.92 Å². The Hall–Kier alpha value is -2.90. The normalized spacial score (nSPS) is 14.2. The molecule has 2 heterocycles. The molecule has 8 heteroatoms. The number of anilines is 1. The van der Waals surface area contributed by atoms with E-state index in [-0.39, 0.29) is 5.69 Å². The number of aromatic nitrogens is 4. The monoisotopic (exact) mass is 326 g/mol. The minimum Gasteiger partial charge on any atom is -0.357 e. The Morgan fingerprint density at radius 3 is 2.83 bits per heavy atom. The first-order valence-corrected chi connectivity index (χ1v) is 7.94. The first kappa shape index (κ1) is 14.7. The fourth-order valence-electron chi connectivity index (χ4n) is 3.19. The molecule has 2 aromatic heterocycles. The zero-order valence-corrected chi connectivity index (χ0v) is 13.6. The van der Waals surface area contributed by atoms with E-state index in [0.29, 0.717) is 24.1 Å². The molecule has 0 radical (unpaired) electrons. The molecular formula is C16H18N6O2. The Labute approximate surface area is 138 Å². The molecule has 124 valence electrons. The van der Waals surface area contributed by atoms with Gasteiger partial charge in [-0.25, -0.2) is 9.67 Å². The van der Waals surface area contributed by atoms with Gasteiger partial charge in [0.05, 0.1) is 22.5 Å². The molecule has 0 saturated heterocycles. The zero-order chi connectivity index (χ0) is 16.8. The average molecular weight is 326 g/mol. The Kier molecular flexibility index (Phi) is 3.26. The van der Waals surface area contributed by atoms with Crippen LogP contribution in [0.25, 0.3) is 11.0 Å². The van der Waals surface area contributed by atoms with Crippen molar-refractivity contribution in [2.45, 2.75) is 32.4 Å². The fourth-order valence-corrected chi connectivity index (χ4v) is 3.19. The number of nitro groups is 1. The van der Waals surface area contributed by atoms with Gasteiger partial charge in [-0.1, -0.05) is 12.1 Å². The number of hydrogen-bond acceptors (Lipinski definition) is 5. The molecule has 24 heavy (non-hydrogen) atoms. The molecule has 1 saturated carbocycles. The van der Waals surface area contributed by atoms with Crippen LogP contribution >= 0.6 is 0 Å². The van der Waals surface area contributed by atoms with Crippen LogP contribution in [0.2, 0.25) is 0 Å². The number of para-hydroxylation sites is 2. The number of imidazole rings is 1. The molecule has 0 atom stereocenters. The lowest BCUT2D eigenvalue weighted by atomic mass is 10.3. The third-order valence-electron chi connectivity index (χ3n) is 4.37. The van der Waals surface area contributed by atoms with Crippen LogP contribution in [0.5, 0.6) is 0 Å². The topological polar surface area (TPSA) is 90.8 Å². The molecule has 0 unspecified atom stereocenters. The van der Waals surface area contributed by atoms with Crippen molar-refractivity contribution >= 4 is 22.5 Å². The first-order chi connectivity index (χ1) is 11.6. The fraction of sp³-hybridized carbons (Fsp3) is 0.375. The lowest BCUT2D eigenvalue weighted by Crippen LogP contribution is -2.11. The van der Waals surface area contributed by atoms with Crippen LogP contribution in [0.15, 0.2) is 24.3 Å². The molecule has 1 aliphatic rings. The minimum atomic E-state index is -0.394. The van der Waals surface area contributed by atoms with Gasteiger partial charge in [-0.15, -0.1) is 0 Å². The number of benzene rings is 1. The molecule has 1 fully saturated rings. The summed E-state index contributed by atoms with van der Waals surface area (Å²) in [6, 6.07) is 8.53. The second-order valence-corrected chi connectivity index (χ2v) is 6.13. The quantitative estimate of drug-likeness (QED) is 0.575. The van der Waals surface area contributed by atoms with Gasteiger partial charge in [-0.05, 0) is 31.9 Å². The molecule has 1 aliphatic carbocycles. The Balaban J connectivity index is 1.69. The number of aryl methyl sites for hydroxylation is 2. The summed E-state index contributed by atoms with van der Waals surface area (Å²) in [7, 11) is 1.70. The van der Waals surface area contributed by atoms with Gasteiger partial charge in [0, 0.05) is 13.1 Å². The van der Waals surface area contributed by atoms with Crippen molar-refractivity contribution in [2.75, 3.05) is 5.32 Å². The van der Waals surface area contributed by atoms with E-state index in [1.807, 2.05) is 18.2 Å². The molecule has 8 nitrogen and oxygen atoms in total. The minimum absolute atomic E-state index is 0.0200. The Morgan fingerprint density at radius 2 is 2.12 bits per heavy atom. The van der Waals surface area contributed by atoms with Crippen molar-refractivity contribution in [3.8, 4) is 0 Å². The van der Waals surface area contributed by atoms with Gasteiger partial charge >= 0.3 is 5.69 Å². The molecule has 1 aromatic carbocycles. The number of rotatable bonds is 5. The summed E-state index contributed by atoms with van der Waals surface area (Å²) < 4.78 is 3.76. The number of nitrogens with zero attached hydrogens (tertiary/aromatic N) is 5. The highest BCUT2D eigenvalue weighted by atomic mass is 16.6. The van der Waals surface area contributed by atoms with Crippen LogP contribution in [0.1, 0.15) is 30.4 Å². The maximum Gasteiger partial charge on any atom is 0.333 e. The highest BCUT2D eigenvalue weighted by molar-refractivity contribution is 5.76. The van der Waals surface area contributed by atoms with Gasteiger partial charge in [-0.3, -0.25) is 10.1 Å². The average Bonchev–Trinajstić information content (AvgIpc) is 3.24. The summed E-state index contributed by atoms with van der Waals surface area (Å²) in [5.74, 6) is 1.30. The lowest BCUT2D eigenvalue weighted by molar-refractivity contribution is -0.384. The van der Waals surface area contributed by atoms with Crippen molar-refractivity contribution in [1.82, 2.24) is 19.3 Å². The summed E-state index contributed by atoms with van der Waals surface area (Å²) >= 11 is 0. The molecule has 3 aromatic rings. The van der Waals surface area contributed by atoms with E-state index in [0.717, 1.165) is 29.7 Å². The maximum atomic E-state index is 11.3. The van der Waals surface area contributed by atoms with Gasteiger partial charge in [-0.2, -0.15) is 5.10 Å². The van der Waals surface area contributed by atoms with Crippen LogP contribution in [0.3, 0.4) is 0 Å². The first-order valence-electron chi connectivity index (χ1n) is 7.94. The van der Waals surface area contributed by atoms with Gasteiger partial charge < -0.3 is 9.88 Å². The largest absolute Gasteiger partial charge is 0.357 e. The molecule has 4 rings (SSSR count). The van der Waals surface area contributed by atoms with Gasteiger partial charge in [0.15, 0.2) is 0 Å².